The average molecular weight is 459 g/mol. The number of ketones is 1. The van der Waals surface area contributed by atoms with Gasteiger partial charge in [-0.15, -0.1) is 0 Å². The fourth-order valence-electron chi connectivity index (χ4n) is 4.70. The van der Waals surface area contributed by atoms with Crippen molar-refractivity contribution in [3.63, 3.8) is 0 Å². The molecule has 0 aromatic heterocycles. The van der Waals surface area contributed by atoms with Gasteiger partial charge in [-0.2, -0.15) is 5.26 Å². The number of nitriles is 1. The van der Waals surface area contributed by atoms with Crippen LogP contribution < -0.4 is 10.6 Å². The number of allylic oxidation sites excluding steroid dienone is 3. The highest BCUT2D eigenvalue weighted by molar-refractivity contribution is 6.01. The maximum Gasteiger partial charge on any atom is 0.271 e. The van der Waals surface area contributed by atoms with Crippen LogP contribution in [0.4, 0.5) is 17.1 Å². The number of hydrogen-bond donors (Lipinski definition) is 1. The molecule has 2 aromatic rings. The monoisotopic (exact) mass is 459 g/mol. The molecule has 1 aliphatic heterocycles. The summed E-state index contributed by atoms with van der Waals surface area (Å²) in [5.74, 6) is -1.04. The molecule has 10 nitrogen and oxygen atoms in total. The van der Waals surface area contributed by atoms with E-state index in [1.54, 1.807) is 12.1 Å². The topological polar surface area (TPSA) is 156 Å². The Morgan fingerprint density at radius 1 is 1.06 bits per heavy atom. The molecule has 2 aromatic carbocycles. The summed E-state index contributed by atoms with van der Waals surface area (Å²) in [6.07, 6.45) is 0.639. The number of hydrogen-bond acceptors (Lipinski definition) is 8. The van der Waals surface area contributed by atoms with Gasteiger partial charge in [-0.1, -0.05) is 32.0 Å². The molecule has 0 amide bonds. The van der Waals surface area contributed by atoms with E-state index >= 15 is 0 Å². The minimum absolute atomic E-state index is 0.0313. The number of benzene rings is 2. The molecule has 1 heterocycles. The van der Waals surface area contributed by atoms with Crippen LogP contribution in [0.5, 0.6) is 0 Å². The second kappa shape index (κ2) is 8.12. The molecule has 0 spiro atoms. The van der Waals surface area contributed by atoms with Crippen molar-refractivity contribution in [1.29, 1.82) is 5.26 Å². The Morgan fingerprint density at radius 2 is 1.68 bits per heavy atom. The second-order valence-electron chi connectivity index (χ2n) is 9.11. The van der Waals surface area contributed by atoms with Gasteiger partial charge >= 0.3 is 0 Å². The first-order chi connectivity index (χ1) is 16.0. The number of carbonyl (C=O) groups excluding carboxylic acids is 1. The van der Waals surface area contributed by atoms with Crippen LogP contribution in [0, 0.1) is 37.0 Å². The van der Waals surface area contributed by atoms with E-state index in [0.717, 1.165) is 0 Å². The fraction of sp³-hybridized carbons (Fsp3) is 0.250. The highest BCUT2D eigenvalue weighted by Gasteiger charge is 2.45. The minimum atomic E-state index is -0.876. The van der Waals surface area contributed by atoms with Gasteiger partial charge < -0.3 is 5.73 Å². The summed E-state index contributed by atoms with van der Waals surface area (Å²) in [6.45, 7) is 3.87. The van der Waals surface area contributed by atoms with Crippen LogP contribution in [0.15, 0.2) is 71.2 Å². The molecule has 0 radical (unpaired) electrons. The quantitative estimate of drug-likeness (QED) is 0.519. The maximum atomic E-state index is 13.5. The first kappa shape index (κ1) is 22.7. The van der Waals surface area contributed by atoms with Crippen LogP contribution in [-0.4, -0.2) is 15.6 Å². The smallest absolute Gasteiger partial charge is 0.271 e. The molecule has 172 valence electrons. The van der Waals surface area contributed by atoms with Crippen molar-refractivity contribution in [2.45, 2.75) is 32.6 Å². The van der Waals surface area contributed by atoms with Gasteiger partial charge in [0.2, 0.25) is 0 Å². The van der Waals surface area contributed by atoms with E-state index in [1.807, 2.05) is 13.8 Å². The van der Waals surface area contributed by atoms with Gasteiger partial charge in [0.25, 0.3) is 11.4 Å². The third-order valence-electron chi connectivity index (χ3n) is 6.09. The van der Waals surface area contributed by atoms with Crippen LogP contribution in [0.2, 0.25) is 0 Å². The van der Waals surface area contributed by atoms with Gasteiger partial charge in [0.15, 0.2) is 5.78 Å². The summed E-state index contributed by atoms with van der Waals surface area (Å²) in [5.41, 5.74) is 7.43. The molecule has 0 fully saturated rings. The first-order valence-corrected chi connectivity index (χ1v) is 10.5. The van der Waals surface area contributed by atoms with Crippen LogP contribution in [0.3, 0.4) is 0 Å². The lowest BCUT2D eigenvalue weighted by molar-refractivity contribution is -0.385. The van der Waals surface area contributed by atoms with Crippen LogP contribution in [0.1, 0.15) is 38.2 Å². The molecule has 0 saturated heterocycles. The second-order valence-corrected chi connectivity index (χ2v) is 9.11. The van der Waals surface area contributed by atoms with E-state index < -0.39 is 21.2 Å². The normalized spacial score (nSPS) is 19.5. The lowest BCUT2D eigenvalue weighted by Crippen LogP contribution is -2.42. The third kappa shape index (κ3) is 3.77. The van der Waals surface area contributed by atoms with Crippen molar-refractivity contribution >= 4 is 22.8 Å². The van der Waals surface area contributed by atoms with E-state index in [9.17, 15) is 30.3 Å². The molecule has 1 aliphatic carbocycles. The summed E-state index contributed by atoms with van der Waals surface area (Å²) in [6, 6.07) is 13.7. The Hall–Kier alpha value is -4.52. The van der Waals surface area contributed by atoms with Crippen molar-refractivity contribution in [3.8, 4) is 6.07 Å². The van der Waals surface area contributed by atoms with Crippen LogP contribution in [-0.2, 0) is 4.79 Å². The van der Waals surface area contributed by atoms with E-state index in [1.165, 1.54) is 41.3 Å². The predicted octanol–water partition coefficient (Wildman–Crippen LogP) is 4.44. The Bertz CT molecular complexity index is 1350. The van der Waals surface area contributed by atoms with Gasteiger partial charge in [0, 0.05) is 42.0 Å². The van der Waals surface area contributed by atoms with Crippen molar-refractivity contribution in [2.75, 3.05) is 4.90 Å². The lowest BCUT2D eigenvalue weighted by atomic mass is 9.68. The fourth-order valence-corrected chi connectivity index (χ4v) is 4.70. The number of nitrogens with zero attached hydrogens (tertiary/aromatic N) is 4. The zero-order chi connectivity index (χ0) is 24.8. The molecule has 2 N–H and O–H groups in total. The average Bonchev–Trinajstić information content (AvgIpc) is 2.77. The first-order valence-electron chi connectivity index (χ1n) is 10.5. The molecule has 0 unspecified atom stereocenters. The molecular weight excluding hydrogens is 438 g/mol. The van der Waals surface area contributed by atoms with E-state index in [0.29, 0.717) is 28.9 Å². The van der Waals surface area contributed by atoms with Crippen molar-refractivity contribution in [2.24, 2.45) is 11.1 Å². The number of anilines is 1. The predicted molar refractivity (Wildman–Crippen MR) is 123 cm³/mol. The molecule has 10 heteroatoms. The third-order valence-corrected chi connectivity index (χ3v) is 6.09. The van der Waals surface area contributed by atoms with Crippen molar-refractivity contribution in [1.82, 2.24) is 0 Å². The molecule has 4 rings (SSSR count). The number of nitro benzene ring substituents is 2. The minimum Gasteiger partial charge on any atom is -0.384 e. The number of rotatable bonds is 4. The summed E-state index contributed by atoms with van der Waals surface area (Å²) in [7, 11) is 0. The van der Waals surface area contributed by atoms with Gasteiger partial charge in [-0.3, -0.25) is 29.9 Å². The largest absolute Gasteiger partial charge is 0.384 e. The summed E-state index contributed by atoms with van der Waals surface area (Å²) in [4.78, 5) is 36.7. The Balaban J connectivity index is 2.01. The molecular formula is C24H21N5O5. The summed E-state index contributed by atoms with van der Waals surface area (Å²) in [5, 5.41) is 32.8. The van der Waals surface area contributed by atoms with Crippen molar-refractivity contribution < 1.29 is 14.6 Å². The zero-order valence-corrected chi connectivity index (χ0v) is 18.5. The van der Waals surface area contributed by atoms with Gasteiger partial charge in [0.05, 0.1) is 33.1 Å². The van der Waals surface area contributed by atoms with Crippen LogP contribution in [0.25, 0.3) is 0 Å². The molecule has 0 bridgehead atoms. The molecule has 34 heavy (non-hydrogen) atoms. The highest BCUT2D eigenvalue weighted by atomic mass is 16.6. The summed E-state index contributed by atoms with van der Waals surface area (Å²) >= 11 is 0. The maximum absolute atomic E-state index is 13.5. The highest BCUT2D eigenvalue weighted by Crippen LogP contribution is 2.50. The van der Waals surface area contributed by atoms with Gasteiger partial charge in [-0.25, -0.2) is 0 Å². The zero-order valence-electron chi connectivity index (χ0n) is 18.5. The number of nitro groups is 2. The molecule has 1 atom stereocenters. The van der Waals surface area contributed by atoms with Gasteiger partial charge in [0.1, 0.15) is 5.82 Å². The number of Topliss-reactive ketones (excluding diaryl/α,β-unsaturated/α-hetero) is 1. The molecule has 0 saturated carbocycles. The van der Waals surface area contributed by atoms with Crippen molar-refractivity contribution in [3.05, 3.63) is 97.0 Å². The van der Waals surface area contributed by atoms with Crippen LogP contribution >= 0.6 is 0 Å². The SMILES string of the molecule is CC1(C)CC(=O)C2=C(C1)N(c1cccc([N+](=O)[O-])c1)C(N)=C(C#N)[C@H]2c1cccc([N+](=O)[O-])c1. The Morgan fingerprint density at radius 3 is 2.29 bits per heavy atom. The van der Waals surface area contributed by atoms with Gasteiger partial charge in [-0.05, 0) is 23.5 Å². The van der Waals surface area contributed by atoms with E-state index in [2.05, 4.69) is 6.07 Å². The number of nitrogens with two attached hydrogens (primary N) is 1. The number of non-ortho nitro benzene ring substituents is 2. The van der Waals surface area contributed by atoms with E-state index in [-0.39, 0.29) is 35.0 Å². The summed E-state index contributed by atoms with van der Waals surface area (Å²) < 4.78 is 0. The standard InChI is InChI=1S/C24H21N5O5/c1-24(2)11-19-22(20(30)12-24)21(14-5-3-7-16(9-14)28(31)32)18(13-25)23(26)27(19)15-6-4-8-17(10-15)29(33)34/h3-10,21H,11-12,26H2,1-2H3/t21-/m1/s1. The molecule has 2 aliphatic rings. The Kier molecular flexibility index (Phi) is 5.41. The Labute approximate surface area is 194 Å². The number of carbonyl (C=O) groups is 1. The van der Waals surface area contributed by atoms with E-state index in [4.69, 9.17) is 5.73 Å². The lowest BCUT2D eigenvalue weighted by Gasteiger charge is -2.43.